The molecule has 1 aromatic heterocycles. The summed E-state index contributed by atoms with van der Waals surface area (Å²) in [7, 11) is 0. The van der Waals surface area contributed by atoms with E-state index in [-0.39, 0.29) is 12.2 Å². The Morgan fingerprint density at radius 1 is 1.00 bits per heavy atom. The molecule has 3 heterocycles. The van der Waals surface area contributed by atoms with Crippen molar-refractivity contribution in [1.82, 2.24) is 10.3 Å². The van der Waals surface area contributed by atoms with Crippen LogP contribution >= 0.6 is 0 Å². The van der Waals surface area contributed by atoms with Crippen molar-refractivity contribution in [3.63, 3.8) is 0 Å². The second-order valence-corrected chi connectivity index (χ2v) is 7.94. The monoisotopic (exact) mass is 439 g/mol. The van der Waals surface area contributed by atoms with Crippen LogP contribution in [0.2, 0.25) is 0 Å². The minimum atomic E-state index is -0.303. The van der Waals surface area contributed by atoms with Gasteiger partial charge in [0, 0.05) is 41.5 Å². The van der Waals surface area contributed by atoms with Crippen LogP contribution in [0.15, 0.2) is 84.0 Å². The van der Waals surface area contributed by atoms with Gasteiger partial charge in [0.1, 0.15) is 0 Å². The summed E-state index contributed by atoms with van der Waals surface area (Å²) in [6, 6.07) is 21.6. The maximum Gasteiger partial charge on any atom is 0.251 e. The lowest BCUT2D eigenvalue weighted by atomic mass is 9.99. The van der Waals surface area contributed by atoms with E-state index in [0.717, 1.165) is 33.7 Å². The van der Waals surface area contributed by atoms with Gasteiger partial charge in [-0.15, -0.1) is 0 Å². The standard InChI is InChI=1S/C27H25N3O3/c31-26(29-13-11-22-8-3-4-12-28-22)24-10-2-1-9-23(24)25-17-21(18-30-25)19-6-5-7-20(16-19)27-32-14-15-33-27/h1-10,12,16-17,27H,11,13-15,18H2,(H,29,31). The molecule has 6 nitrogen and oxygen atoms in total. The molecule has 2 aliphatic heterocycles. The van der Waals surface area contributed by atoms with Crippen LogP contribution < -0.4 is 5.32 Å². The number of aromatic nitrogens is 1. The summed E-state index contributed by atoms with van der Waals surface area (Å²) in [5, 5.41) is 3.01. The molecule has 1 saturated heterocycles. The molecule has 2 aromatic carbocycles. The fourth-order valence-corrected chi connectivity index (χ4v) is 4.05. The lowest BCUT2D eigenvalue weighted by molar-refractivity contribution is -0.0441. The predicted octanol–water partition coefficient (Wildman–Crippen LogP) is 3.99. The van der Waals surface area contributed by atoms with Crippen molar-refractivity contribution in [2.45, 2.75) is 12.7 Å². The molecule has 0 saturated carbocycles. The molecule has 0 spiro atoms. The Bertz CT molecular complexity index is 1200. The molecule has 0 radical (unpaired) electrons. The molecule has 5 rings (SSSR count). The molecule has 0 aliphatic carbocycles. The zero-order chi connectivity index (χ0) is 22.5. The minimum absolute atomic E-state index is 0.108. The first-order chi connectivity index (χ1) is 16.3. The van der Waals surface area contributed by atoms with Crippen LogP contribution in [0.1, 0.15) is 39.0 Å². The van der Waals surface area contributed by atoms with Gasteiger partial charge >= 0.3 is 0 Å². The Morgan fingerprint density at radius 2 is 1.85 bits per heavy atom. The summed E-state index contributed by atoms with van der Waals surface area (Å²) >= 11 is 0. The van der Waals surface area contributed by atoms with Crippen LogP contribution in [0.4, 0.5) is 0 Å². The van der Waals surface area contributed by atoms with E-state index >= 15 is 0 Å². The largest absolute Gasteiger partial charge is 0.352 e. The second-order valence-electron chi connectivity index (χ2n) is 7.94. The van der Waals surface area contributed by atoms with Gasteiger partial charge in [-0.2, -0.15) is 0 Å². The molecule has 2 aliphatic rings. The van der Waals surface area contributed by atoms with Gasteiger partial charge in [-0.05, 0) is 41.5 Å². The molecular weight excluding hydrogens is 414 g/mol. The fourth-order valence-electron chi connectivity index (χ4n) is 4.05. The lowest BCUT2D eigenvalue weighted by Crippen LogP contribution is -2.27. The highest BCUT2D eigenvalue weighted by molar-refractivity contribution is 6.19. The maximum atomic E-state index is 12.9. The number of ether oxygens (including phenoxy) is 2. The number of rotatable bonds is 7. The molecule has 0 atom stereocenters. The average molecular weight is 440 g/mol. The smallest absolute Gasteiger partial charge is 0.251 e. The predicted molar refractivity (Wildman–Crippen MR) is 127 cm³/mol. The Kier molecular flexibility index (Phi) is 6.37. The van der Waals surface area contributed by atoms with Gasteiger partial charge in [-0.3, -0.25) is 14.8 Å². The first-order valence-electron chi connectivity index (χ1n) is 11.1. The van der Waals surface area contributed by atoms with E-state index in [1.165, 1.54) is 0 Å². The van der Waals surface area contributed by atoms with Crippen LogP contribution in [-0.2, 0) is 15.9 Å². The molecule has 1 fully saturated rings. The average Bonchev–Trinajstić information content (AvgIpc) is 3.58. The molecule has 1 N–H and O–H groups in total. The fraction of sp³-hybridized carbons (Fsp3) is 0.222. The molecule has 0 bridgehead atoms. The Labute approximate surface area is 193 Å². The van der Waals surface area contributed by atoms with Crippen LogP contribution in [0.5, 0.6) is 0 Å². The zero-order valence-corrected chi connectivity index (χ0v) is 18.2. The number of hydrogen-bond acceptors (Lipinski definition) is 5. The van der Waals surface area contributed by atoms with Crippen molar-refractivity contribution in [3.8, 4) is 0 Å². The summed E-state index contributed by atoms with van der Waals surface area (Å²) in [5.41, 5.74) is 6.43. The number of nitrogens with zero attached hydrogens (tertiary/aromatic N) is 2. The van der Waals surface area contributed by atoms with Gasteiger partial charge < -0.3 is 14.8 Å². The van der Waals surface area contributed by atoms with Crippen molar-refractivity contribution in [2.24, 2.45) is 4.99 Å². The third-order valence-corrected chi connectivity index (χ3v) is 5.72. The molecule has 1 amide bonds. The van der Waals surface area contributed by atoms with E-state index in [1.807, 2.05) is 54.6 Å². The Morgan fingerprint density at radius 3 is 2.70 bits per heavy atom. The number of carbonyl (C=O) groups excluding carboxylic acids is 1. The molecule has 3 aromatic rings. The molecular formula is C27H25N3O3. The van der Waals surface area contributed by atoms with Gasteiger partial charge in [-0.1, -0.05) is 42.5 Å². The molecule has 0 unspecified atom stereocenters. The van der Waals surface area contributed by atoms with Crippen molar-refractivity contribution >= 4 is 17.2 Å². The number of hydrogen-bond donors (Lipinski definition) is 1. The van der Waals surface area contributed by atoms with Crippen LogP contribution in [0.3, 0.4) is 0 Å². The van der Waals surface area contributed by atoms with E-state index in [9.17, 15) is 4.79 Å². The maximum absolute atomic E-state index is 12.9. The van der Waals surface area contributed by atoms with E-state index in [1.54, 1.807) is 6.20 Å². The van der Waals surface area contributed by atoms with Gasteiger partial charge in [0.2, 0.25) is 0 Å². The number of pyridine rings is 1. The zero-order valence-electron chi connectivity index (χ0n) is 18.2. The van der Waals surface area contributed by atoms with Crippen molar-refractivity contribution in [2.75, 3.05) is 26.3 Å². The summed E-state index contributed by atoms with van der Waals surface area (Å²) < 4.78 is 11.3. The highest BCUT2D eigenvalue weighted by Gasteiger charge is 2.21. The molecule has 6 heteroatoms. The van der Waals surface area contributed by atoms with Crippen LogP contribution in [-0.4, -0.2) is 42.9 Å². The highest BCUT2D eigenvalue weighted by atomic mass is 16.7. The Hall–Kier alpha value is -3.61. The summed E-state index contributed by atoms with van der Waals surface area (Å²) in [6.45, 7) is 2.33. The SMILES string of the molecule is O=C(NCCc1ccccn1)c1ccccc1C1=NCC(c2cccc(C3OCCO3)c2)=C1. The van der Waals surface area contributed by atoms with Gasteiger partial charge in [0.15, 0.2) is 6.29 Å². The highest BCUT2D eigenvalue weighted by Crippen LogP contribution is 2.28. The van der Waals surface area contributed by atoms with Gasteiger partial charge in [-0.25, -0.2) is 0 Å². The number of benzene rings is 2. The van der Waals surface area contributed by atoms with E-state index < -0.39 is 0 Å². The van der Waals surface area contributed by atoms with E-state index in [4.69, 9.17) is 14.5 Å². The summed E-state index contributed by atoms with van der Waals surface area (Å²) in [5.74, 6) is -0.108. The first-order valence-corrected chi connectivity index (χ1v) is 11.1. The third kappa shape index (κ3) is 4.92. The quantitative estimate of drug-likeness (QED) is 0.604. The van der Waals surface area contributed by atoms with E-state index in [2.05, 4.69) is 28.5 Å². The summed E-state index contributed by atoms with van der Waals surface area (Å²) in [6.07, 6.45) is 4.21. The second kappa shape index (κ2) is 9.90. The topological polar surface area (TPSA) is 72.8 Å². The number of aliphatic imine (C=N–C) groups is 1. The number of nitrogens with one attached hydrogen (secondary N) is 1. The third-order valence-electron chi connectivity index (χ3n) is 5.72. The minimum Gasteiger partial charge on any atom is -0.352 e. The van der Waals surface area contributed by atoms with Crippen molar-refractivity contribution < 1.29 is 14.3 Å². The van der Waals surface area contributed by atoms with Crippen LogP contribution in [0, 0.1) is 0 Å². The van der Waals surface area contributed by atoms with Gasteiger partial charge in [0.05, 0.1) is 25.5 Å². The van der Waals surface area contributed by atoms with Crippen LogP contribution in [0.25, 0.3) is 5.57 Å². The summed E-state index contributed by atoms with van der Waals surface area (Å²) in [4.78, 5) is 22.0. The first kappa shape index (κ1) is 21.2. The lowest BCUT2D eigenvalue weighted by Gasteiger charge is -2.11. The Balaban J connectivity index is 1.30. The number of carbonyl (C=O) groups is 1. The molecule has 33 heavy (non-hydrogen) atoms. The number of allylic oxidation sites excluding steroid dienone is 1. The molecule has 166 valence electrons. The van der Waals surface area contributed by atoms with Crippen molar-refractivity contribution in [1.29, 1.82) is 0 Å². The van der Waals surface area contributed by atoms with Gasteiger partial charge in [0.25, 0.3) is 5.91 Å². The van der Waals surface area contributed by atoms with Crippen molar-refractivity contribution in [3.05, 3.63) is 107 Å². The number of amides is 1. The normalized spacial score (nSPS) is 15.9. The van der Waals surface area contributed by atoms with E-state index in [0.29, 0.717) is 38.3 Å².